The van der Waals surface area contributed by atoms with Crippen molar-refractivity contribution < 1.29 is 9.53 Å². The molecule has 1 aromatic carbocycles. The summed E-state index contributed by atoms with van der Waals surface area (Å²) in [6.07, 6.45) is 1.47. The van der Waals surface area contributed by atoms with E-state index in [1.807, 2.05) is 19.1 Å². The number of ether oxygens (including phenoxy) is 1. The van der Waals surface area contributed by atoms with Gasteiger partial charge in [0.25, 0.3) is 5.91 Å². The minimum atomic E-state index is -0.222. The van der Waals surface area contributed by atoms with E-state index < -0.39 is 0 Å². The van der Waals surface area contributed by atoms with Crippen LogP contribution in [0.4, 0.5) is 0 Å². The number of amides is 1. The van der Waals surface area contributed by atoms with Gasteiger partial charge in [0.2, 0.25) is 0 Å². The van der Waals surface area contributed by atoms with E-state index in [1.165, 1.54) is 6.20 Å². The minimum absolute atomic E-state index is 0.222. The number of halogens is 1. The van der Waals surface area contributed by atoms with Gasteiger partial charge in [-0.2, -0.15) is 0 Å². The lowest BCUT2D eigenvalue weighted by Crippen LogP contribution is -2.23. The van der Waals surface area contributed by atoms with Crippen LogP contribution in [0.5, 0.6) is 5.75 Å². The molecule has 5 heteroatoms. The molecule has 4 nitrogen and oxygen atoms in total. The van der Waals surface area contributed by atoms with Crippen molar-refractivity contribution in [2.45, 2.75) is 6.92 Å². The molecule has 18 heavy (non-hydrogen) atoms. The fraction of sp³-hybridized carbons (Fsp3) is 0.231. The molecule has 0 atom stereocenters. The lowest BCUT2D eigenvalue weighted by Gasteiger charge is -2.09. The number of methoxy groups -OCH3 is 1. The fourth-order valence-corrected chi connectivity index (χ4v) is 2.03. The number of hydrogen-bond donors (Lipinski definition) is 1. The second kappa shape index (κ2) is 5.23. The summed E-state index contributed by atoms with van der Waals surface area (Å²) in [5, 5.41) is 3.80. The topological polar surface area (TPSA) is 51.2 Å². The van der Waals surface area contributed by atoms with Crippen molar-refractivity contribution in [2.24, 2.45) is 0 Å². The minimum Gasteiger partial charge on any atom is -0.494 e. The lowest BCUT2D eigenvalue weighted by atomic mass is 10.1. The van der Waals surface area contributed by atoms with Gasteiger partial charge in [-0.15, -0.1) is 0 Å². The second-order valence-corrected chi connectivity index (χ2v) is 4.08. The van der Waals surface area contributed by atoms with Crippen molar-refractivity contribution >= 4 is 28.4 Å². The van der Waals surface area contributed by atoms with E-state index in [9.17, 15) is 4.79 Å². The molecular formula is C13H13ClN2O2. The molecular weight excluding hydrogens is 252 g/mol. The first-order chi connectivity index (χ1) is 8.69. The largest absolute Gasteiger partial charge is 0.494 e. The van der Waals surface area contributed by atoms with Crippen molar-refractivity contribution in [3.63, 3.8) is 0 Å². The third kappa shape index (κ3) is 2.11. The Kier molecular flexibility index (Phi) is 3.67. The number of carbonyl (C=O) groups is 1. The number of para-hydroxylation sites is 1. The lowest BCUT2D eigenvalue weighted by molar-refractivity contribution is 0.0956. The van der Waals surface area contributed by atoms with Crippen molar-refractivity contribution in [2.75, 3.05) is 13.7 Å². The third-order valence-electron chi connectivity index (χ3n) is 2.60. The Morgan fingerprint density at radius 2 is 2.28 bits per heavy atom. The molecule has 0 saturated carbocycles. The van der Waals surface area contributed by atoms with Crippen molar-refractivity contribution in [1.29, 1.82) is 0 Å². The Hall–Kier alpha value is -1.81. The monoisotopic (exact) mass is 264 g/mol. The molecule has 0 radical (unpaired) electrons. The van der Waals surface area contributed by atoms with Crippen molar-refractivity contribution in [3.05, 3.63) is 35.0 Å². The van der Waals surface area contributed by atoms with Crippen LogP contribution >= 0.6 is 11.6 Å². The molecule has 2 aromatic rings. The first-order valence-electron chi connectivity index (χ1n) is 5.58. The van der Waals surface area contributed by atoms with Crippen LogP contribution in [-0.4, -0.2) is 24.5 Å². The second-order valence-electron chi connectivity index (χ2n) is 3.70. The van der Waals surface area contributed by atoms with E-state index in [0.29, 0.717) is 33.8 Å². The summed E-state index contributed by atoms with van der Waals surface area (Å²) in [5.74, 6) is 0.413. The number of hydrogen-bond acceptors (Lipinski definition) is 3. The number of nitrogens with zero attached hydrogens (tertiary/aromatic N) is 1. The average Bonchev–Trinajstić information content (AvgIpc) is 2.39. The van der Waals surface area contributed by atoms with Gasteiger partial charge in [-0.3, -0.25) is 9.78 Å². The predicted molar refractivity (Wildman–Crippen MR) is 71.3 cm³/mol. The Bertz CT molecular complexity index is 599. The molecule has 1 heterocycles. The van der Waals surface area contributed by atoms with Crippen LogP contribution in [0.1, 0.15) is 17.3 Å². The molecule has 94 valence electrons. The summed E-state index contributed by atoms with van der Waals surface area (Å²) in [5.41, 5.74) is 1.03. The van der Waals surface area contributed by atoms with Gasteiger partial charge < -0.3 is 10.1 Å². The van der Waals surface area contributed by atoms with Crippen molar-refractivity contribution in [3.8, 4) is 5.75 Å². The fourth-order valence-electron chi connectivity index (χ4n) is 1.74. The van der Waals surface area contributed by atoms with Gasteiger partial charge in [0.05, 0.1) is 17.7 Å². The van der Waals surface area contributed by atoms with Crippen LogP contribution in [0, 0.1) is 0 Å². The maximum absolute atomic E-state index is 11.8. The number of pyridine rings is 1. The Morgan fingerprint density at radius 3 is 2.94 bits per heavy atom. The van der Waals surface area contributed by atoms with Crippen LogP contribution in [-0.2, 0) is 0 Å². The first-order valence-corrected chi connectivity index (χ1v) is 5.96. The van der Waals surface area contributed by atoms with E-state index in [0.717, 1.165) is 0 Å². The zero-order chi connectivity index (χ0) is 13.1. The Balaban J connectivity index is 2.61. The number of aromatic nitrogens is 1. The maximum Gasteiger partial charge on any atom is 0.254 e. The molecule has 0 unspecified atom stereocenters. The highest BCUT2D eigenvalue weighted by Crippen LogP contribution is 2.30. The standard InChI is InChI=1S/C13H13ClN2O2/c1-3-15-13(17)9-7-16-12-8(11(9)14)5-4-6-10(12)18-2/h4-7H,3H2,1-2H3,(H,15,17). The summed E-state index contributed by atoms with van der Waals surface area (Å²) in [6.45, 7) is 2.40. The molecule has 0 fully saturated rings. The summed E-state index contributed by atoms with van der Waals surface area (Å²) in [6, 6.07) is 5.43. The average molecular weight is 265 g/mol. The summed E-state index contributed by atoms with van der Waals surface area (Å²) < 4.78 is 5.21. The van der Waals surface area contributed by atoms with Crippen LogP contribution in [0.2, 0.25) is 5.02 Å². The van der Waals surface area contributed by atoms with Crippen LogP contribution in [0.15, 0.2) is 24.4 Å². The molecule has 0 aliphatic carbocycles. The summed E-state index contributed by atoms with van der Waals surface area (Å²) in [4.78, 5) is 16.0. The van der Waals surface area contributed by atoms with Gasteiger partial charge >= 0.3 is 0 Å². The van der Waals surface area contributed by atoms with Crippen LogP contribution in [0.3, 0.4) is 0 Å². The molecule has 1 aromatic heterocycles. The number of rotatable bonds is 3. The van der Waals surface area contributed by atoms with Gasteiger partial charge in [0.1, 0.15) is 11.3 Å². The van der Waals surface area contributed by atoms with E-state index in [-0.39, 0.29) is 5.91 Å². The van der Waals surface area contributed by atoms with Gasteiger partial charge in [0, 0.05) is 18.1 Å². The molecule has 0 bridgehead atoms. The van der Waals surface area contributed by atoms with Gasteiger partial charge in [-0.05, 0) is 13.0 Å². The molecule has 0 aliphatic rings. The number of fused-ring (bicyclic) bond motifs is 1. The molecule has 0 aliphatic heterocycles. The highest BCUT2D eigenvalue weighted by atomic mass is 35.5. The molecule has 2 rings (SSSR count). The maximum atomic E-state index is 11.8. The van der Waals surface area contributed by atoms with E-state index in [2.05, 4.69) is 10.3 Å². The van der Waals surface area contributed by atoms with Gasteiger partial charge in [-0.1, -0.05) is 23.7 Å². The SMILES string of the molecule is CCNC(=O)c1cnc2c(OC)cccc2c1Cl. The van der Waals surface area contributed by atoms with E-state index >= 15 is 0 Å². The van der Waals surface area contributed by atoms with Crippen LogP contribution < -0.4 is 10.1 Å². The zero-order valence-corrected chi connectivity index (χ0v) is 10.9. The number of nitrogens with one attached hydrogen (secondary N) is 1. The summed E-state index contributed by atoms with van der Waals surface area (Å²) in [7, 11) is 1.57. The number of benzene rings is 1. The molecule has 1 N–H and O–H groups in total. The third-order valence-corrected chi connectivity index (χ3v) is 3.00. The zero-order valence-electron chi connectivity index (χ0n) is 10.2. The molecule has 1 amide bonds. The van der Waals surface area contributed by atoms with Crippen LogP contribution in [0.25, 0.3) is 10.9 Å². The Labute approximate surface area is 110 Å². The number of carbonyl (C=O) groups excluding carboxylic acids is 1. The van der Waals surface area contributed by atoms with E-state index in [4.69, 9.17) is 16.3 Å². The van der Waals surface area contributed by atoms with Crippen molar-refractivity contribution in [1.82, 2.24) is 10.3 Å². The normalized spacial score (nSPS) is 10.4. The molecule has 0 spiro atoms. The van der Waals surface area contributed by atoms with Gasteiger partial charge in [-0.25, -0.2) is 0 Å². The highest BCUT2D eigenvalue weighted by Gasteiger charge is 2.14. The van der Waals surface area contributed by atoms with Gasteiger partial charge in [0.15, 0.2) is 0 Å². The van der Waals surface area contributed by atoms with E-state index in [1.54, 1.807) is 13.2 Å². The Morgan fingerprint density at radius 1 is 1.50 bits per heavy atom. The smallest absolute Gasteiger partial charge is 0.254 e. The highest BCUT2D eigenvalue weighted by molar-refractivity contribution is 6.38. The predicted octanol–water partition coefficient (Wildman–Crippen LogP) is 2.65. The first kappa shape index (κ1) is 12.6. The quantitative estimate of drug-likeness (QED) is 0.927. The molecule has 0 saturated heterocycles. The summed E-state index contributed by atoms with van der Waals surface area (Å²) >= 11 is 6.24.